The molecule has 0 amide bonds. The predicted octanol–water partition coefficient (Wildman–Crippen LogP) is 1.05. The van der Waals surface area contributed by atoms with E-state index in [1.807, 2.05) is 0 Å². The fourth-order valence-electron chi connectivity index (χ4n) is 1.02. The summed E-state index contributed by atoms with van der Waals surface area (Å²) in [6.07, 6.45) is 0. The fraction of sp³-hybridized carbons (Fsp3) is 0.111. The predicted molar refractivity (Wildman–Crippen MR) is 47.2 cm³/mol. The molecule has 0 aliphatic rings. The molecule has 0 radical (unpaired) electrons. The number of phenols is 1. The topological polar surface area (TPSA) is 87.1 Å². The van der Waals surface area contributed by atoms with E-state index in [4.69, 9.17) is 16.1 Å². The van der Waals surface area contributed by atoms with Gasteiger partial charge in [-0.05, 0) is 19.1 Å². The minimum Gasteiger partial charge on any atom is -0.508 e. The van der Waals surface area contributed by atoms with Gasteiger partial charge in [0.15, 0.2) is 5.78 Å². The zero-order valence-electron chi connectivity index (χ0n) is 7.03. The number of nitrogen functional groups attached to an aromatic ring is 1. The monoisotopic (exact) mass is 176 g/mol. The average Bonchev–Trinajstić information content (AvgIpc) is 2.08. The van der Waals surface area contributed by atoms with Crippen LogP contribution in [0.1, 0.15) is 22.8 Å². The lowest BCUT2D eigenvalue weighted by atomic mass is 10.0. The van der Waals surface area contributed by atoms with Gasteiger partial charge in [0.1, 0.15) is 11.8 Å². The number of hydrogen-bond donors (Lipinski definition) is 2. The van der Waals surface area contributed by atoms with E-state index in [0.29, 0.717) is 0 Å². The maximum atomic E-state index is 11.0. The molecule has 0 saturated heterocycles. The molecular formula is C9H8N2O2. The molecular weight excluding hydrogens is 168 g/mol. The zero-order chi connectivity index (χ0) is 10.0. The SMILES string of the molecule is CC(=O)c1cc(O)cc(C#N)c1N. The zero-order valence-corrected chi connectivity index (χ0v) is 7.03. The van der Waals surface area contributed by atoms with E-state index < -0.39 is 0 Å². The molecule has 0 spiro atoms. The standard InChI is InChI=1S/C9H8N2O2/c1-5(12)8-3-7(13)2-6(4-10)9(8)11/h2-3,13H,11H2,1H3. The number of anilines is 1. The summed E-state index contributed by atoms with van der Waals surface area (Å²) in [4.78, 5) is 11.0. The third kappa shape index (κ3) is 1.59. The van der Waals surface area contributed by atoms with Crippen LogP contribution in [0.3, 0.4) is 0 Å². The first kappa shape index (κ1) is 9.07. The van der Waals surface area contributed by atoms with Crippen molar-refractivity contribution in [3.05, 3.63) is 23.3 Å². The van der Waals surface area contributed by atoms with Crippen molar-refractivity contribution >= 4 is 11.5 Å². The number of benzene rings is 1. The van der Waals surface area contributed by atoms with Gasteiger partial charge in [0.05, 0.1) is 11.3 Å². The van der Waals surface area contributed by atoms with Crippen LogP contribution in [0.4, 0.5) is 5.69 Å². The van der Waals surface area contributed by atoms with Crippen LogP contribution >= 0.6 is 0 Å². The Kier molecular flexibility index (Phi) is 2.20. The number of nitrogens with zero attached hydrogens (tertiary/aromatic N) is 1. The van der Waals surface area contributed by atoms with Gasteiger partial charge < -0.3 is 10.8 Å². The number of aromatic hydroxyl groups is 1. The number of nitriles is 1. The second-order valence-corrected chi connectivity index (χ2v) is 2.62. The van der Waals surface area contributed by atoms with Crippen molar-refractivity contribution in [1.82, 2.24) is 0 Å². The minimum absolute atomic E-state index is 0.116. The van der Waals surface area contributed by atoms with Crippen LogP contribution in [0.15, 0.2) is 12.1 Å². The van der Waals surface area contributed by atoms with Crippen LogP contribution in [-0.2, 0) is 0 Å². The number of carbonyl (C=O) groups is 1. The van der Waals surface area contributed by atoms with Crippen LogP contribution in [0, 0.1) is 11.3 Å². The minimum atomic E-state index is -0.273. The van der Waals surface area contributed by atoms with E-state index in [1.54, 1.807) is 6.07 Å². The molecule has 0 fully saturated rings. The first-order valence-corrected chi connectivity index (χ1v) is 3.59. The highest BCUT2D eigenvalue weighted by molar-refractivity contribution is 6.00. The van der Waals surface area contributed by atoms with Gasteiger partial charge in [0.25, 0.3) is 0 Å². The average molecular weight is 176 g/mol. The van der Waals surface area contributed by atoms with Crippen LogP contribution in [0.2, 0.25) is 0 Å². The van der Waals surface area contributed by atoms with E-state index in [1.165, 1.54) is 19.1 Å². The smallest absolute Gasteiger partial charge is 0.162 e. The van der Waals surface area contributed by atoms with Gasteiger partial charge >= 0.3 is 0 Å². The maximum absolute atomic E-state index is 11.0. The second kappa shape index (κ2) is 3.15. The molecule has 0 heterocycles. The van der Waals surface area contributed by atoms with E-state index in [-0.39, 0.29) is 28.3 Å². The third-order valence-corrected chi connectivity index (χ3v) is 1.66. The quantitative estimate of drug-likeness (QED) is 0.380. The molecule has 0 saturated carbocycles. The summed E-state index contributed by atoms with van der Waals surface area (Å²) in [5.74, 6) is -0.402. The van der Waals surface area contributed by atoms with Crippen LogP contribution in [-0.4, -0.2) is 10.9 Å². The number of Topliss-reactive ketones (excluding diaryl/α,β-unsaturated/α-hetero) is 1. The van der Waals surface area contributed by atoms with Gasteiger partial charge in [-0.1, -0.05) is 0 Å². The van der Waals surface area contributed by atoms with Crippen LogP contribution in [0.25, 0.3) is 0 Å². The van der Waals surface area contributed by atoms with Crippen molar-refractivity contribution in [2.24, 2.45) is 0 Å². The second-order valence-electron chi connectivity index (χ2n) is 2.62. The lowest BCUT2D eigenvalue weighted by molar-refractivity contribution is 0.101. The highest BCUT2D eigenvalue weighted by Crippen LogP contribution is 2.23. The molecule has 0 unspecified atom stereocenters. The van der Waals surface area contributed by atoms with Gasteiger partial charge in [0.2, 0.25) is 0 Å². The Bertz CT molecular complexity index is 405. The first-order chi connectivity index (χ1) is 6.06. The van der Waals surface area contributed by atoms with Crippen LogP contribution in [0.5, 0.6) is 5.75 Å². The van der Waals surface area contributed by atoms with Crippen molar-refractivity contribution in [3.63, 3.8) is 0 Å². The summed E-state index contributed by atoms with van der Waals surface area (Å²) in [6, 6.07) is 4.27. The Balaban J connectivity index is 3.47. The Morgan fingerprint density at radius 1 is 1.62 bits per heavy atom. The van der Waals surface area contributed by atoms with Gasteiger partial charge in [-0.15, -0.1) is 0 Å². The lowest BCUT2D eigenvalue weighted by Gasteiger charge is -2.04. The molecule has 0 aliphatic heterocycles. The number of phenolic OH excluding ortho intramolecular Hbond substituents is 1. The Hall–Kier alpha value is -2.02. The summed E-state index contributed by atoms with van der Waals surface area (Å²) in [7, 11) is 0. The van der Waals surface area contributed by atoms with Crippen molar-refractivity contribution in [3.8, 4) is 11.8 Å². The van der Waals surface area contributed by atoms with E-state index >= 15 is 0 Å². The van der Waals surface area contributed by atoms with Gasteiger partial charge in [-0.25, -0.2) is 0 Å². The number of nitrogens with two attached hydrogens (primary N) is 1. The van der Waals surface area contributed by atoms with E-state index in [2.05, 4.69) is 0 Å². The number of rotatable bonds is 1. The number of carbonyl (C=O) groups excluding carboxylic acids is 1. The van der Waals surface area contributed by atoms with E-state index in [9.17, 15) is 4.79 Å². The third-order valence-electron chi connectivity index (χ3n) is 1.66. The van der Waals surface area contributed by atoms with Crippen molar-refractivity contribution < 1.29 is 9.90 Å². The van der Waals surface area contributed by atoms with Crippen molar-refractivity contribution in [2.75, 3.05) is 5.73 Å². The molecule has 1 aromatic carbocycles. The Morgan fingerprint density at radius 3 is 2.69 bits per heavy atom. The molecule has 13 heavy (non-hydrogen) atoms. The van der Waals surface area contributed by atoms with Crippen LogP contribution < -0.4 is 5.73 Å². The molecule has 0 atom stereocenters. The molecule has 3 N–H and O–H groups in total. The molecule has 0 aliphatic carbocycles. The lowest BCUT2D eigenvalue weighted by Crippen LogP contribution is -2.01. The van der Waals surface area contributed by atoms with E-state index in [0.717, 1.165) is 0 Å². The van der Waals surface area contributed by atoms with Crippen molar-refractivity contribution in [1.29, 1.82) is 5.26 Å². The molecule has 1 aromatic rings. The highest BCUT2D eigenvalue weighted by atomic mass is 16.3. The van der Waals surface area contributed by atoms with Gasteiger partial charge in [-0.2, -0.15) is 5.26 Å². The summed E-state index contributed by atoms with van der Waals surface area (Å²) in [5.41, 5.74) is 5.92. The van der Waals surface area contributed by atoms with Gasteiger partial charge in [0, 0.05) is 5.56 Å². The Morgan fingerprint density at radius 2 is 2.23 bits per heavy atom. The van der Waals surface area contributed by atoms with Gasteiger partial charge in [-0.3, -0.25) is 4.79 Å². The summed E-state index contributed by atoms with van der Waals surface area (Å²) in [5, 5.41) is 17.7. The fourth-order valence-corrected chi connectivity index (χ4v) is 1.02. The maximum Gasteiger partial charge on any atom is 0.162 e. The normalized spacial score (nSPS) is 9.23. The molecule has 1 rings (SSSR count). The first-order valence-electron chi connectivity index (χ1n) is 3.59. The molecule has 66 valence electrons. The summed E-state index contributed by atoms with van der Waals surface area (Å²) in [6.45, 7) is 1.33. The summed E-state index contributed by atoms with van der Waals surface area (Å²) >= 11 is 0. The number of hydrogen-bond acceptors (Lipinski definition) is 4. The summed E-state index contributed by atoms with van der Waals surface area (Å²) < 4.78 is 0. The molecule has 0 aromatic heterocycles. The highest BCUT2D eigenvalue weighted by Gasteiger charge is 2.10. The largest absolute Gasteiger partial charge is 0.508 e. The number of ketones is 1. The van der Waals surface area contributed by atoms with Crippen molar-refractivity contribution in [2.45, 2.75) is 6.92 Å². The molecule has 4 heteroatoms. The Labute approximate surface area is 75.2 Å². The molecule has 0 bridgehead atoms. The molecule has 4 nitrogen and oxygen atoms in total.